The second kappa shape index (κ2) is 8.49. The first kappa shape index (κ1) is 18.1. The average molecular weight is 317 g/mol. The van der Waals surface area contributed by atoms with E-state index >= 15 is 0 Å². The van der Waals surface area contributed by atoms with Crippen molar-refractivity contribution < 1.29 is 24.5 Å². The van der Waals surface area contributed by atoms with Gasteiger partial charge in [-0.15, -0.1) is 0 Å². The van der Waals surface area contributed by atoms with Gasteiger partial charge in [-0.1, -0.05) is 16.8 Å². The highest BCUT2D eigenvalue weighted by molar-refractivity contribution is 5.75. The van der Waals surface area contributed by atoms with Gasteiger partial charge in [-0.2, -0.15) is 9.81 Å². The van der Waals surface area contributed by atoms with Gasteiger partial charge in [-0.05, 0) is 12.8 Å². The Bertz CT molecular complexity index is 431. The maximum absolute atomic E-state index is 11.1. The molecule has 0 radical (unpaired) electrons. The van der Waals surface area contributed by atoms with E-state index in [-0.39, 0.29) is 18.7 Å². The van der Waals surface area contributed by atoms with Gasteiger partial charge in [0.2, 0.25) is 5.91 Å². The summed E-state index contributed by atoms with van der Waals surface area (Å²) >= 11 is 0. The van der Waals surface area contributed by atoms with Gasteiger partial charge in [0.25, 0.3) is 0 Å². The molecule has 1 aliphatic rings. The number of hydrogen-bond donors (Lipinski definition) is 3. The van der Waals surface area contributed by atoms with E-state index < -0.39 is 36.4 Å². The van der Waals surface area contributed by atoms with E-state index in [9.17, 15) is 24.5 Å². The number of nitroso groups, excluding NO2 is 2. The average Bonchev–Trinajstić information content (AvgIpc) is 2.50. The maximum atomic E-state index is 11.1. The maximum Gasteiger partial charge on any atom is 0.335 e. The molecule has 0 saturated carbocycles. The third kappa shape index (κ3) is 4.28. The fraction of sp³-hybridized carbons (Fsp3) is 0.833. The molecule has 0 bridgehead atoms. The van der Waals surface area contributed by atoms with Gasteiger partial charge in [-0.25, -0.2) is 4.79 Å². The molecule has 22 heavy (non-hydrogen) atoms. The van der Waals surface area contributed by atoms with Crippen LogP contribution in [0.5, 0.6) is 0 Å². The molecule has 0 aromatic rings. The van der Waals surface area contributed by atoms with Gasteiger partial charge in [0.15, 0.2) is 12.1 Å². The van der Waals surface area contributed by atoms with Crippen molar-refractivity contribution in [3.63, 3.8) is 0 Å². The van der Waals surface area contributed by atoms with Crippen molar-refractivity contribution in [2.24, 2.45) is 10.4 Å². The Hall–Kier alpha value is -1.94. The number of carboxylic acid groups (broad SMARTS) is 1. The molecule has 10 nitrogen and oxygen atoms in total. The van der Waals surface area contributed by atoms with Gasteiger partial charge in [0, 0.05) is 13.5 Å². The zero-order valence-corrected chi connectivity index (χ0v) is 12.0. The van der Waals surface area contributed by atoms with Crippen LogP contribution in [0.25, 0.3) is 0 Å². The van der Waals surface area contributed by atoms with Crippen LogP contribution in [0.1, 0.15) is 25.7 Å². The molecule has 1 rings (SSSR count). The van der Waals surface area contributed by atoms with Crippen molar-refractivity contribution in [3.05, 3.63) is 9.81 Å². The van der Waals surface area contributed by atoms with Gasteiger partial charge in [0.05, 0.1) is 6.10 Å². The van der Waals surface area contributed by atoms with Crippen LogP contribution in [0, 0.1) is 9.81 Å². The molecule has 124 valence electrons. The van der Waals surface area contributed by atoms with Gasteiger partial charge in [0.1, 0.15) is 12.1 Å². The van der Waals surface area contributed by atoms with E-state index in [2.05, 4.69) is 15.7 Å². The van der Waals surface area contributed by atoms with E-state index in [1.807, 2.05) is 0 Å². The number of carbonyl (C=O) groups excluding carboxylic acids is 1. The Balaban J connectivity index is 2.67. The van der Waals surface area contributed by atoms with Crippen molar-refractivity contribution in [2.75, 3.05) is 7.05 Å². The second-order valence-corrected chi connectivity index (χ2v) is 5.03. The summed E-state index contributed by atoms with van der Waals surface area (Å²) in [5, 5.41) is 26.7. The first-order valence-corrected chi connectivity index (χ1v) is 6.88. The number of nitrogens with zero attached hydrogens (tertiary/aromatic N) is 2. The minimum atomic E-state index is -1.62. The Kier molecular flexibility index (Phi) is 6.99. The van der Waals surface area contributed by atoms with Crippen molar-refractivity contribution >= 4 is 11.9 Å². The third-order valence-electron chi connectivity index (χ3n) is 3.62. The predicted molar refractivity (Wildman–Crippen MR) is 74.0 cm³/mol. The Labute approximate surface area is 126 Å². The summed E-state index contributed by atoms with van der Waals surface area (Å²) in [6.45, 7) is 0. The van der Waals surface area contributed by atoms with E-state index in [0.717, 1.165) is 0 Å². The highest BCUT2D eigenvalue weighted by atomic mass is 16.5. The summed E-state index contributed by atoms with van der Waals surface area (Å²) in [4.78, 5) is 43.7. The smallest absolute Gasteiger partial charge is 0.335 e. The topological polar surface area (TPSA) is 155 Å². The summed E-state index contributed by atoms with van der Waals surface area (Å²) in [7, 11) is 1.51. The van der Waals surface area contributed by atoms with E-state index in [0.29, 0.717) is 12.8 Å². The Morgan fingerprint density at radius 3 is 2.32 bits per heavy atom. The van der Waals surface area contributed by atoms with Gasteiger partial charge in [-0.3, -0.25) is 4.79 Å². The number of aliphatic carboxylic acids is 1. The summed E-state index contributed by atoms with van der Waals surface area (Å²) in [6, 6.07) is -2.85. The van der Waals surface area contributed by atoms with Crippen molar-refractivity contribution in [1.82, 2.24) is 5.32 Å². The third-order valence-corrected chi connectivity index (χ3v) is 3.62. The number of amides is 1. The number of aliphatic hydroxyl groups excluding tert-OH is 1. The minimum absolute atomic E-state index is 0.136. The van der Waals surface area contributed by atoms with Crippen molar-refractivity contribution in [2.45, 2.75) is 56.1 Å². The zero-order valence-electron chi connectivity index (χ0n) is 12.0. The summed E-state index contributed by atoms with van der Waals surface area (Å²) in [6.07, 6.45) is -2.65. The number of aliphatic hydroxyl groups is 1. The summed E-state index contributed by atoms with van der Waals surface area (Å²) in [5.74, 6) is -1.58. The molecule has 0 aromatic heterocycles. The monoisotopic (exact) mass is 317 g/mol. The number of hydrogen-bond acceptors (Lipinski definition) is 8. The number of ether oxygens (including phenoxy) is 1. The molecule has 1 saturated heterocycles. The molecule has 0 spiro atoms. The largest absolute Gasteiger partial charge is 0.479 e. The van der Waals surface area contributed by atoms with E-state index in [4.69, 9.17) is 9.84 Å². The number of nitrogens with one attached hydrogen (secondary N) is 1. The number of unbranched alkanes of at least 4 members (excludes halogenated alkanes) is 1. The van der Waals surface area contributed by atoms with E-state index in [1.165, 1.54) is 7.05 Å². The first-order chi connectivity index (χ1) is 10.5. The van der Waals surface area contributed by atoms with Crippen molar-refractivity contribution in [3.8, 4) is 0 Å². The molecule has 5 atom stereocenters. The summed E-state index contributed by atoms with van der Waals surface area (Å²) in [5.41, 5.74) is 0. The lowest BCUT2D eigenvalue weighted by Crippen LogP contribution is -2.58. The highest BCUT2D eigenvalue weighted by Gasteiger charge is 2.49. The second-order valence-electron chi connectivity index (χ2n) is 5.03. The molecule has 3 N–H and O–H groups in total. The molecule has 5 unspecified atom stereocenters. The van der Waals surface area contributed by atoms with Gasteiger partial charge < -0.3 is 20.3 Å². The van der Waals surface area contributed by atoms with E-state index in [1.54, 1.807) is 0 Å². The molecule has 1 fully saturated rings. The summed E-state index contributed by atoms with van der Waals surface area (Å²) < 4.78 is 5.21. The highest BCUT2D eigenvalue weighted by Crippen LogP contribution is 2.28. The molecule has 0 aromatic carbocycles. The Morgan fingerprint density at radius 2 is 1.82 bits per heavy atom. The van der Waals surface area contributed by atoms with Crippen LogP contribution in [0.2, 0.25) is 0 Å². The van der Waals surface area contributed by atoms with Crippen LogP contribution in [-0.2, 0) is 14.3 Å². The standard InChI is InChI=1S/C12H19N3O7/c1-13-7(16)5-3-2-4-6-8(14-20)10(17)9(15-21)11(22-6)12(18)19/h6,8-11,17H,2-5H2,1H3,(H,13,16)(H,18,19). The first-order valence-electron chi connectivity index (χ1n) is 6.88. The fourth-order valence-electron chi connectivity index (χ4n) is 2.40. The molecular formula is C12H19N3O7. The fourth-order valence-corrected chi connectivity index (χ4v) is 2.40. The number of rotatable bonds is 8. The molecule has 0 aliphatic carbocycles. The molecular weight excluding hydrogens is 298 g/mol. The minimum Gasteiger partial charge on any atom is -0.479 e. The SMILES string of the molecule is CNC(=O)CCCCC1OC(C(=O)O)C(N=O)C(O)C1N=O. The van der Waals surface area contributed by atoms with Crippen LogP contribution in [0.3, 0.4) is 0 Å². The lowest BCUT2D eigenvalue weighted by molar-refractivity contribution is -0.173. The number of carbonyl (C=O) groups is 2. The lowest BCUT2D eigenvalue weighted by atomic mass is 9.89. The molecule has 1 amide bonds. The molecule has 1 aliphatic heterocycles. The van der Waals surface area contributed by atoms with Crippen LogP contribution in [0.15, 0.2) is 10.4 Å². The van der Waals surface area contributed by atoms with Crippen LogP contribution in [-0.4, -0.2) is 59.5 Å². The predicted octanol–water partition coefficient (Wildman–Crippen LogP) is -0.224. The number of carboxylic acids is 1. The quantitative estimate of drug-likeness (QED) is 0.412. The lowest BCUT2D eigenvalue weighted by Gasteiger charge is -2.37. The molecule has 10 heteroatoms. The normalized spacial score (nSPS) is 31.3. The van der Waals surface area contributed by atoms with Crippen LogP contribution < -0.4 is 5.32 Å². The zero-order chi connectivity index (χ0) is 16.7. The molecule has 1 heterocycles. The van der Waals surface area contributed by atoms with Crippen molar-refractivity contribution in [1.29, 1.82) is 0 Å². The van der Waals surface area contributed by atoms with Gasteiger partial charge >= 0.3 is 5.97 Å². The van der Waals surface area contributed by atoms with Crippen LogP contribution >= 0.6 is 0 Å². The Morgan fingerprint density at radius 1 is 1.18 bits per heavy atom. The van der Waals surface area contributed by atoms with Crippen LogP contribution in [0.4, 0.5) is 0 Å².